The predicted molar refractivity (Wildman–Crippen MR) is 121 cm³/mol. The van der Waals surface area contributed by atoms with Crippen LogP contribution in [0.5, 0.6) is 0 Å². The molecule has 0 radical (unpaired) electrons. The normalized spacial score (nSPS) is 16.1. The van der Waals surface area contributed by atoms with E-state index in [1.165, 1.54) is 11.3 Å². The second-order valence-electron chi connectivity index (χ2n) is 6.99. The van der Waals surface area contributed by atoms with Crippen LogP contribution in [0.15, 0.2) is 59.5 Å². The van der Waals surface area contributed by atoms with E-state index in [0.717, 1.165) is 27.8 Å². The largest absolute Gasteiger partial charge is 0.312 e. The summed E-state index contributed by atoms with van der Waals surface area (Å²) in [6.45, 7) is 2.69. The molecule has 6 nitrogen and oxygen atoms in total. The third-order valence-electron chi connectivity index (χ3n) is 4.80. The van der Waals surface area contributed by atoms with Gasteiger partial charge in [-0.1, -0.05) is 48.6 Å². The Morgan fingerprint density at radius 1 is 1.17 bits per heavy atom. The molecule has 1 N–H and O–H groups in total. The van der Waals surface area contributed by atoms with Gasteiger partial charge in [0.15, 0.2) is 0 Å². The van der Waals surface area contributed by atoms with Crippen molar-refractivity contribution in [1.29, 1.82) is 0 Å². The average molecular weight is 439 g/mol. The summed E-state index contributed by atoms with van der Waals surface area (Å²) in [4.78, 5) is 28.0. The van der Waals surface area contributed by atoms with Gasteiger partial charge >= 0.3 is 0 Å². The van der Waals surface area contributed by atoms with Crippen molar-refractivity contribution in [2.24, 2.45) is 0 Å². The highest BCUT2D eigenvalue weighted by atomic mass is 32.2. The Bertz CT molecular complexity index is 1040. The molecule has 0 bridgehead atoms. The van der Waals surface area contributed by atoms with Gasteiger partial charge in [0.05, 0.1) is 5.56 Å². The summed E-state index contributed by atoms with van der Waals surface area (Å²) in [5, 5.41) is 12.5. The number of benzene rings is 2. The average Bonchev–Trinajstić information content (AvgIpc) is 3.39. The number of hydrogen-bond acceptors (Lipinski definition) is 6. The van der Waals surface area contributed by atoms with Crippen molar-refractivity contribution < 1.29 is 9.59 Å². The van der Waals surface area contributed by atoms with E-state index >= 15 is 0 Å². The minimum absolute atomic E-state index is 0.0201. The van der Waals surface area contributed by atoms with Gasteiger partial charge in [0.2, 0.25) is 11.0 Å². The van der Waals surface area contributed by atoms with Gasteiger partial charge in [0.1, 0.15) is 5.01 Å². The van der Waals surface area contributed by atoms with Gasteiger partial charge in [0.25, 0.3) is 5.91 Å². The van der Waals surface area contributed by atoms with Gasteiger partial charge in [0, 0.05) is 29.5 Å². The van der Waals surface area contributed by atoms with Gasteiger partial charge in [-0.3, -0.25) is 14.9 Å². The smallest absolute Gasteiger partial charge is 0.258 e. The van der Waals surface area contributed by atoms with Gasteiger partial charge < -0.3 is 4.90 Å². The molecule has 154 valence electrons. The van der Waals surface area contributed by atoms with Crippen LogP contribution in [-0.2, 0) is 4.79 Å². The fourth-order valence-electron chi connectivity index (χ4n) is 3.34. The number of para-hydroxylation sites is 1. The second-order valence-corrected chi connectivity index (χ2v) is 9.13. The lowest BCUT2D eigenvalue weighted by Gasteiger charge is -2.15. The highest BCUT2D eigenvalue weighted by molar-refractivity contribution is 7.99. The van der Waals surface area contributed by atoms with Crippen LogP contribution >= 0.6 is 23.1 Å². The van der Waals surface area contributed by atoms with Crippen LogP contribution < -0.4 is 10.2 Å². The first-order valence-electron chi connectivity index (χ1n) is 9.87. The Kier molecular flexibility index (Phi) is 6.44. The molecule has 2 aromatic carbocycles. The molecule has 1 fully saturated rings. The van der Waals surface area contributed by atoms with Crippen molar-refractivity contribution in [1.82, 2.24) is 10.2 Å². The summed E-state index contributed by atoms with van der Waals surface area (Å²) >= 11 is 3.01. The monoisotopic (exact) mass is 438 g/mol. The highest BCUT2D eigenvalue weighted by Gasteiger charge is 2.34. The van der Waals surface area contributed by atoms with E-state index in [0.29, 0.717) is 23.7 Å². The van der Waals surface area contributed by atoms with E-state index in [2.05, 4.69) is 22.4 Å². The molecule has 0 aliphatic carbocycles. The van der Waals surface area contributed by atoms with Crippen molar-refractivity contribution in [3.05, 3.63) is 65.2 Å². The van der Waals surface area contributed by atoms with E-state index in [9.17, 15) is 9.59 Å². The van der Waals surface area contributed by atoms with Crippen LogP contribution in [0.2, 0.25) is 0 Å². The molecule has 30 heavy (non-hydrogen) atoms. The Morgan fingerprint density at radius 2 is 1.93 bits per heavy atom. The van der Waals surface area contributed by atoms with Crippen molar-refractivity contribution in [3.8, 4) is 0 Å². The first-order valence-corrected chi connectivity index (χ1v) is 11.7. The molecule has 3 aromatic rings. The molecule has 0 saturated carbocycles. The number of nitrogens with zero attached hydrogens (tertiary/aromatic N) is 3. The van der Waals surface area contributed by atoms with E-state index in [1.54, 1.807) is 16.7 Å². The number of hydrogen-bond donors (Lipinski definition) is 1. The lowest BCUT2D eigenvalue weighted by atomic mass is 10.1. The molecule has 0 spiro atoms. The first kappa shape index (κ1) is 20.6. The molecule has 1 aromatic heterocycles. The Labute approximate surface area is 183 Å². The van der Waals surface area contributed by atoms with E-state index < -0.39 is 0 Å². The fourth-order valence-corrected chi connectivity index (χ4v) is 5.08. The number of carbonyl (C=O) groups is 2. The van der Waals surface area contributed by atoms with Crippen LogP contribution in [0.1, 0.15) is 41.0 Å². The zero-order chi connectivity index (χ0) is 20.9. The highest BCUT2D eigenvalue weighted by Crippen LogP contribution is 2.34. The van der Waals surface area contributed by atoms with Crippen LogP contribution in [0.3, 0.4) is 0 Å². The Morgan fingerprint density at radius 3 is 2.73 bits per heavy atom. The Hall–Kier alpha value is -2.71. The third kappa shape index (κ3) is 4.55. The van der Waals surface area contributed by atoms with E-state index in [4.69, 9.17) is 0 Å². The summed E-state index contributed by atoms with van der Waals surface area (Å²) in [6, 6.07) is 17.2. The summed E-state index contributed by atoms with van der Waals surface area (Å²) < 4.78 is 0. The maximum Gasteiger partial charge on any atom is 0.258 e. The molecule has 1 saturated heterocycles. The van der Waals surface area contributed by atoms with Gasteiger partial charge in [-0.2, -0.15) is 0 Å². The fraction of sp³-hybridized carbons (Fsp3) is 0.273. The van der Waals surface area contributed by atoms with Gasteiger partial charge in [-0.05, 0) is 36.4 Å². The van der Waals surface area contributed by atoms with E-state index in [-0.39, 0.29) is 17.7 Å². The molecule has 1 unspecified atom stereocenters. The number of carbonyl (C=O) groups excluding carboxylic acids is 2. The van der Waals surface area contributed by atoms with Crippen LogP contribution in [0, 0.1) is 0 Å². The number of thioether (sulfide) groups is 1. The molecular weight excluding hydrogens is 416 g/mol. The summed E-state index contributed by atoms with van der Waals surface area (Å²) in [7, 11) is 0. The second kappa shape index (κ2) is 9.40. The molecule has 2 heterocycles. The van der Waals surface area contributed by atoms with Crippen LogP contribution in [0.25, 0.3) is 0 Å². The molecule has 1 atom stereocenters. The molecule has 4 rings (SSSR count). The number of aromatic nitrogens is 2. The van der Waals surface area contributed by atoms with Crippen molar-refractivity contribution in [2.45, 2.75) is 30.6 Å². The van der Waals surface area contributed by atoms with Crippen LogP contribution in [-0.4, -0.2) is 34.3 Å². The zero-order valence-electron chi connectivity index (χ0n) is 16.6. The minimum Gasteiger partial charge on any atom is -0.312 e. The topological polar surface area (TPSA) is 75.2 Å². The van der Waals surface area contributed by atoms with Crippen molar-refractivity contribution >= 4 is 45.7 Å². The van der Waals surface area contributed by atoms with E-state index in [1.807, 2.05) is 54.6 Å². The summed E-state index contributed by atoms with van der Waals surface area (Å²) in [6.07, 6.45) is 1.44. The van der Waals surface area contributed by atoms with Gasteiger partial charge in [-0.25, -0.2) is 0 Å². The standard InChI is InChI=1S/C22H22N4O2S2/c1-2-12-29-18-11-7-6-10-17(18)20(28)23-22-25-24-21(30-22)15-13-19(27)26(14-15)16-8-4-3-5-9-16/h3-11,15H,2,12-14H2,1H3,(H,23,25,28). The third-order valence-corrected chi connectivity index (χ3v) is 7.08. The van der Waals surface area contributed by atoms with Crippen molar-refractivity contribution in [2.75, 3.05) is 22.5 Å². The number of nitrogens with one attached hydrogen (secondary N) is 1. The molecule has 1 aliphatic heterocycles. The molecule has 2 amide bonds. The summed E-state index contributed by atoms with van der Waals surface area (Å²) in [5.74, 6) is 0.827. The first-order chi connectivity index (χ1) is 14.7. The summed E-state index contributed by atoms with van der Waals surface area (Å²) in [5.41, 5.74) is 1.53. The Balaban J connectivity index is 1.44. The molecule has 8 heteroatoms. The van der Waals surface area contributed by atoms with Crippen LogP contribution in [0.4, 0.5) is 10.8 Å². The SMILES string of the molecule is CCCSc1ccccc1C(=O)Nc1nnc(C2CC(=O)N(c3ccccc3)C2)s1. The minimum atomic E-state index is -0.190. The number of anilines is 2. The maximum absolute atomic E-state index is 12.8. The van der Waals surface area contributed by atoms with Crippen molar-refractivity contribution in [3.63, 3.8) is 0 Å². The molecule has 1 aliphatic rings. The predicted octanol–water partition coefficient (Wildman–Crippen LogP) is 4.81. The lowest BCUT2D eigenvalue weighted by Crippen LogP contribution is -2.24. The molecular formula is C22H22N4O2S2. The number of rotatable bonds is 7. The lowest BCUT2D eigenvalue weighted by molar-refractivity contribution is -0.117. The zero-order valence-corrected chi connectivity index (χ0v) is 18.2. The van der Waals surface area contributed by atoms with Gasteiger partial charge in [-0.15, -0.1) is 22.0 Å². The maximum atomic E-state index is 12.8. The quantitative estimate of drug-likeness (QED) is 0.536. The number of amides is 2.